The summed E-state index contributed by atoms with van der Waals surface area (Å²) in [5.41, 5.74) is -1.18. The van der Waals surface area contributed by atoms with Crippen LogP contribution >= 0.6 is 21.6 Å². The van der Waals surface area contributed by atoms with Crippen LogP contribution in [0.5, 0.6) is 0 Å². The standard InChI is InChI=1S/C19H18F2N4O3S2/c1-12(30-29-8-15-4-2-13(7-23-15)18(26)27)19(28,9-25-11-22-10-24-25)16-6-14(20)3-5-17(16)21/h2-7,10-12,28H,8-9H2,1H3,(H,26,27)/t12-,19-/m1/s1. The van der Waals surface area contributed by atoms with E-state index in [-0.39, 0.29) is 17.7 Å². The first-order chi connectivity index (χ1) is 14.3. The summed E-state index contributed by atoms with van der Waals surface area (Å²) >= 11 is 0. The number of hydrogen-bond acceptors (Lipinski definition) is 7. The maximum absolute atomic E-state index is 14.5. The molecule has 3 rings (SSSR count). The zero-order valence-corrected chi connectivity index (χ0v) is 17.4. The number of aromatic nitrogens is 4. The van der Waals surface area contributed by atoms with Gasteiger partial charge in [-0.05, 0) is 37.3 Å². The predicted molar refractivity (Wildman–Crippen MR) is 110 cm³/mol. The first-order valence-electron chi connectivity index (χ1n) is 8.76. The Bertz CT molecular complexity index is 1010. The molecular weight excluding hydrogens is 434 g/mol. The number of carboxylic acids is 1. The Hall–Kier alpha value is -2.50. The Morgan fingerprint density at radius 1 is 1.30 bits per heavy atom. The second-order valence-corrected chi connectivity index (χ2v) is 9.19. The van der Waals surface area contributed by atoms with Crippen LogP contribution in [0.15, 0.2) is 49.2 Å². The largest absolute Gasteiger partial charge is 0.478 e. The number of halogens is 2. The third kappa shape index (κ3) is 5.15. The van der Waals surface area contributed by atoms with Gasteiger partial charge >= 0.3 is 5.97 Å². The molecule has 2 N–H and O–H groups in total. The van der Waals surface area contributed by atoms with Crippen molar-refractivity contribution in [2.45, 2.75) is 30.1 Å². The van der Waals surface area contributed by atoms with Crippen molar-refractivity contribution in [3.63, 3.8) is 0 Å². The molecule has 0 bridgehead atoms. The summed E-state index contributed by atoms with van der Waals surface area (Å²) in [6.07, 6.45) is 3.96. The zero-order chi connectivity index (χ0) is 21.7. The second-order valence-electron chi connectivity index (χ2n) is 6.49. The molecule has 0 saturated heterocycles. The lowest BCUT2D eigenvalue weighted by atomic mass is 9.90. The fourth-order valence-corrected chi connectivity index (χ4v) is 5.32. The van der Waals surface area contributed by atoms with E-state index >= 15 is 0 Å². The Morgan fingerprint density at radius 3 is 2.73 bits per heavy atom. The van der Waals surface area contributed by atoms with Gasteiger partial charge in [-0.1, -0.05) is 21.6 Å². The van der Waals surface area contributed by atoms with E-state index in [2.05, 4.69) is 15.1 Å². The van der Waals surface area contributed by atoms with E-state index in [0.717, 1.165) is 18.2 Å². The van der Waals surface area contributed by atoms with Gasteiger partial charge in [-0.15, -0.1) is 0 Å². The number of rotatable bonds is 9. The number of nitrogens with zero attached hydrogens (tertiary/aromatic N) is 4. The van der Waals surface area contributed by atoms with Gasteiger partial charge in [0.2, 0.25) is 0 Å². The molecule has 7 nitrogen and oxygen atoms in total. The van der Waals surface area contributed by atoms with E-state index < -0.39 is 28.5 Å². The van der Waals surface area contributed by atoms with Gasteiger partial charge in [-0.2, -0.15) is 5.10 Å². The second kappa shape index (κ2) is 9.54. The van der Waals surface area contributed by atoms with Gasteiger partial charge in [0.25, 0.3) is 0 Å². The number of pyridine rings is 1. The third-order valence-corrected chi connectivity index (χ3v) is 7.28. The lowest BCUT2D eigenvalue weighted by Gasteiger charge is -2.34. The average Bonchev–Trinajstić information content (AvgIpc) is 3.22. The van der Waals surface area contributed by atoms with Crippen LogP contribution in [0.2, 0.25) is 0 Å². The number of aromatic carboxylic acids is 1. The lowest BCUT2D eigenvalue weighted by Crippen LogP contribution is -2.41. The summed E-state index contributed by atoms with van der Waals surface area (Å²) < 4.78 is 29.7. The summed E-state index contributed by atoms with van der Waals surface area (Å²) in [6.45, 7) is 1.59. The van der Waals surface area contributed by atoms with Crippen LogP contribution in [-0.4, -0.2) is 41.2 Å². The van der Waals surface area contributed by atoms with Crippen molar-refractivity contribution in [1.29, 1.82) is 0 Å². The van der Waals surface area contributed by atoms with Gasteiger partial charge in [0.05, 0.1) is 17.8 Å². The maximum atomic E-state index is 14.5. The minimum Gasteiger partial charge on any atom is -0.478 e. The molecule has 0 aliphatic rings. The van der Waals surface area contributed by atoms with Crippen LogP contribution in [0.1, 0.15) is 28.5 Å². The molecular formula is C19H18F2N4O3S2. The zero-order valence-electron chi connectivity index (χ0n) is 15.8. The van der Waals surface area contributed by atoms with Gasteiger partial charge in [0, 0.05) is 22.8 Å². The van der Waals surface area contributed by atoms with Crippen LogP contribution in [0.4, 0.5) is 8.78 Å². The summed E-state index contributed by atoms with van der Waals surface area (Å²) in [5.74, 6) is -2.00. The molecule has 0 fully saturated rings. The van der Waals surface area contributed by atoms with Gasteiger partial charge in [0.15, 0.2) is 0 Å². The monoisotopic (exact) mass is 452 g/mol. The van der Waals surface area contributed by atoms with E-state index in [4.69, 9.17) is 5.11 Å². The van der Waals surface area contributed by atoms with E-state index in [9.17, 15) is 18.7 Å². The highest BCUT2D eigenvalue weighted by Crippen LogP contribution is 2.41. The van der Waals surface area contributed by atoms with E-state index in [1.54, 1.807) is 13.0 Å². The highest BCUT2D eigenvalue weighted by molar-refractivity contribution is 8.76. The molecule has 0 amide bonds. The number of carbonyl (C=O) groups is 1. The Morgan fingerprint density at radius 2 is 2.10 bits per heavy atom. The third-order valence-electron chi connectivity index (χ3n) is 4.43. The molecule has 158 valence electrons. The molecule has 0 saturated carbocycles. The molecule has 2 atom stereocenters. The van der Waals surface area contributed by atoms with Gasteiger partial charge in [-0.3, -0.25) is 4.98 Å². The number of benzene rings is 1. The molecule has 0 unspecified atom stereocenters. The maximum Gasteiger partial charge on any atom is 0.337 e. The molecule has 0 radical (unpaired) electrons. The number of aliphatic hydroxyl groups is 1. The molecule has 2 heterocycles. The highest BCUT2D eigenvalue weighted by Gasteiger charge is 2.40. The fourth-order valence-electron chi connectivity index (χ4n) is 2.74. The highest BCUT2D eigenvalue weighted by atomic mass is 33.1. The molecule has 0 aliphatic carbocycles. The van der Waals surface area contributed by atoms with Gasteiger partial charge in [0.1, 0.15) is 29.9 Å². The van der Waals surface area contributed by atoms with Crippen molar-refractivity contribution < 1.29 is 23.8 Å². The Kier molecular flexibility index (Phi) is 7.06. The van der Waals surface area contributed by atoms with Gasteiger partial charge < -0.3 is 10.2 Å². The van der Waals surface area contributed by atoms with Gasteiger partial charge in [-0.25, -0.2) is 23.2 Å². The van der Waals surface area contributed by atoms with E-state index in [1.165, 1.54) is 51.2 Å². The van der Waals surface area contributed by atoms with Crippen LogP contribution < -0.4 is 0 Å². The molecule has 1 aromatic carbocycles. The SMILES string of the molecule is C[C@@H](SSCc1ccc(C(=O)O)cn1)[C@](O)(Cn1cncn1)c1cc(F)ccc1F. The van der Waals surface area contributed by atoms with Crippen molar-refractivity contribution in [2.75, 3.05) is 0 Å². The molecule has 0 aliphatic heterocycles. The molecule has 11 heteroatoms. The van der Waals surface area contributed by atoms with Crippen molar-refractivity contribution in [3.8, 4) is 0 Å². The predicted octanol–water partition coefficient (Wildman–Crippen LogP) is 3.51. The summed E-state index contributed by atoms with van der Waals surface area (Å²) in [4.78, 5) is 18.8. The number of hydrogen-bond donors (Lipinski definition) is 2. The van der Waals surface area contributed by atoms with Crippen molar-refractivity contribution in [3.05, 3.63) is 77.6 Å². The Labute approximate surface area is 179 Å². The summed E-state index contributed by atoms with van der Waals surface area (Å²) in [7, 11) is 2.64. The van der Waals surface area contributed by atoms with E-state index in [0.29, 0.717) is 11.4 Å². The van der Waals surface area contributed by atoms with Crippen LogP contribution in [0, 0.1) is 11.6 Å². The van der Waals surface area contributed by atoms with Crippen molar-refractivity contribution >= 4 is 27.6 Å². The summed E-state index contributed by atoms with van der Waals surface area (Å²) in [6, 6.07) is 6.03. The fraction of sp³-hybridized carbons (Fsp3) is 0.263. The molecule has 2 aromatic heterocycles. The normalized spacial score (nSPS) is 14.3. The van der Waals surface area contributed by atoms with Crippen LogP contribution in [0.25, 0.3) is 0 Å². The minimum atomic E-state index is -1.77. The molecule has 0 spiro atoms. The first kappa shape index (κ1) is 22.2. The van der Waals surface area contributed by atoms with Crippen LogP contribution in [-0.2, 0) is 17.9 Å². The lowest BCUT2D eigenvalue weighted by molar-refractivity contribution is 0.0134. The van der Waals surface area contributed by atoms with Crippen LogP contribution in [0.3, 0.4) is 0 Å². The first-order valence-corrected chi connectivity index (χ1v) is 11.1. The van der Waals surface area contributed by atoms with E-state index in [1.807, 2.05) is 0 Å². The minimum absolute atomic E-state index is 0.0913. The average molecular weight is 453 g/mol. The van der Waals surface area contributed by atoms with Crippen molar-refractivity contribution in [2.24, 2.45) is 0 Å². The number of carboxylic acid groups (broad SMARTS) is 1. The van der Waals surface area contributed by atoms with Crippen molar-refractivity contribution in [1.82, 2.24) is 19.7 Å². The molecule has 3 aromatic rings. The summed E-state index contributed by atoms with van der Waals surface area (Å²) in [5, 5.41) is 23.7. The topological polar surface area (TPSA) is 101 Å². The Balaban J connectivity index is 1.75. The molecule has 30 heavy (non-hydrogen) atoms. The smallest absolute Gasteiger partial charge is 0.337 e. The quantitative estimate of drug-likeness (QED) is 0.476.